The molecule has 0 saturated carbocycles. The number of amides is 1. The van der Waals surface area contributed by atoms with E-state index in [4.69, 9.17) is 9.84 Å². The van der Waals surface area contributed by atoms with Crippen molar-refractivity contribution < 1.29 is 27.9 Å². The predicted octanol–water partition coefficient (Wildman–Crippen LogP) is 0.301. The summed E-state index contributed by atoms with van der Waals surface area (Å²) in [4.78, 5) is 24.9. The molecular weight excluding hydrogens is 336 g/mol. The van der Waals surface area contributed by atoms with Crippen LogP contribution in [0.3, 0.4) is 0 Å². The molecule has 24 heavy (non-hydrogen) atoms. The standard InChI is InChI=1S/C15H20N2O6S/c1-23-10-8-16-24(21,22)12-6-4-11(5-7-12)14(18)17-9-2-3-13(17)15(19)20/h4-7,13,16H,2-3,8-10H2,1H3,(H,19,20)/t13-/m1/s1. The molecule has 0 radical (unpaired) electrons. The van der Waals surface area contributed by atoms with Crippen LogP contribution < -0.4 is 4.72 Å². The van der Waals surface area contributed by atoms with E-state index in [1.807, 2.05) is 0 Å². The van der Waals surface area contributed by atoms with Gasteiger partial charge < -0.3 is 14.7 Å². The Morgan fingerprint density at radius 3 is 2.58 bits per heavy atom. The smallest absolute Gasteiger partial charge is 0.326 e. The van der Waals surface area contributed by atoms with E-state index in [0.29, 0.717) is 19.4 Å². The Bertz CT molecular complexity index is 701. The summed E-state index contributed by atoms with van der Waals surface area (Å²) in [5, 5.41) is 9.14. The van der Waals surface area contributed by atoms with Crippen LogP contribution in [0.4, 0.5) is 0 Å². The monoisotopic (exact) mass is 356 g/mol. The predicted molar refractivity (Wildman–Crippen MR) is 85.2 cm³/mol. The van der Waals surface area contributed by atoms with Gasteiger partial charge in [-0.3, -0.25) is 4.79 Å². The van der Waals surface area contributed by atoms with Gasteiger partial charge in [0.25, 0.3) is 5.91 Å². The highest BCUT2D eigenvalue weighted by Gasteiger charge is 2.34. The normalized spacial score (nSPS) is 17.9. The Hall–Kier alpha value is -1.97. The molecule has 1 saturated heterocycles. The summed E-state index contributed by atoms with van der Waals surface area (Å²) in [6, 6.07) is 4.62. The van der Waals surface area contributed by atoms with Crippen LogP contribution in [0, 0.1) is 0 Å². The lowest BCUT2D eigenvalue weighted by molar-refractivity contribution is -0.141. The zero-order valence-corrected chi connectivity index (χ0v) is 14.1. The molecule has 9 heteroatoms. The molecule has 1 aliphatic heterocycles. The number of carbonyl (C=O) groups is 2. The van der Waals surface area contributed by atoms with Crippen LogP contribution in [0.1, 0.15) is 23.2 Å². The quantitative estimate of drug-likeness (QED) is 0.680. The van der Waals surface area contributed by atoms with Gasteiger partial charge in [0.1, 0.15) is 6.04 Å². The number of methoxy groups -OCH3 is 1. The maximum Gasteiger partial charge on any atom is 0.326 e. The number of carboxylic acids is 1. The highest BCUT2D eigenvalue weighted by molar-refractivity contribution is 7.89. The van der Waals surface area contributed by atoms with Crippen LogP contribution in [0.15, 0.2) is 29.2 Å². The second-order valence-corrected chi connectivity index (χ2v) is 7.18. The minimum atomic E-state index is -3.67. The molecule has 2 N–H and O–H groups in total. The van der Waals surface area contributed by atoms with Crippen molar-refractivity contribution in [3.63, 3.8) is 0 Å². The molecule has 2 rings (SSSR count). The lowest BCUT2D eigenvalue weighted by atomic mass is 10.1. The molecule has 1 amide bonds. The lowest BCUT2D eigenvalue weighted by Gasteiger charge is -2.21. The molecule has 1 aromatic rings. The number of hydrogen-bond donors (Lipinski definition) is 2. The first-order valence-corrected chi connectivity index (χ1v) is 8.97. The SMILES string of the molecule is COCCNS(=O)(=O)c1ccc(C(=O)N2CCC[C@@H]2C(=O)O)cc1. The van der Waals surface area contributed by atoms with E-state index < -0.39 is 27.9 Å². The Morgan fingerprint density at radius 2 is 2.00 bits per heavy atom. The average Bonchev–Trinajstić information content (AvgIpc) is 3.04. The second kappa shape index (κ2) is 7.73. The lowest BCUT2D eigenvalue weighted by Crippen LogP contribution is -2.40. The van der Waals surface area contributed by atoms with Crippen molar-refractivity contribution >= 4 is 21.9 Å². The number of rotatable bonds is 7. The van der Waals surface area contributed by atoms with Gasteiger partial charge in [0.05, 0.1) is 11.5 Å². The number of aliphatic carboxylic acids is 1. The van der Waals surface area contributed by atoms with Crippen molar-refractivity contribution in [3.8, 4) is 0 Å². The van der Waals surface area contributed by atoms with E-state index in [-0.39, 0.29) is 23.6 Å². The largest absolute Gasteiger partial charge is 0.480 e. The zero-order chi connectivity index (χ0) is 17.7. The van der Waals surface area contributed by atoms with Gasteiger partial charge in [-0.15, -0.1) is 0 Å². The van der Waals surface area contributed by atoms with E-state index in [0.717, 1.165) is 0 Å². The summed E-state index contributed by atoms with van der Waals surface area (Å²) in [5.41, 5.74) is 0.263. The van der Waals surface area contributed by atoms with Gasteiger partial charge in [-0.05, 0) is 37.1 Å². The molecule has 0 bridgehead atoms. The van der Waals surface area contributed by atoms with E-state index in [9.17, 15) is 18.0 Å². The molecule has 0 aromatic heterocycles. The third kappa shape index (κ3) is 4.11. The summed E-state index contributed by atoms with van der Waals surface area (Å²) < 4.78 is 31.3. The van der Waals surface area contributed by atoms with Crippen LogP contribution in [-0.2, 0) is 19.6 Å². The van der Waals surface area contributed by atoms with E-state index in [2.05, 4.69) is 4.72 Å². The Labute approximate surface area is 140 Å². The first-order valence-electron chi connectivity index (χ1n) is 7.49. The number of nitrogens with zero attached hydrogens (tertiary/aromatic N) is 1. The summed E-state index contributed by atoms with van der Waals surface area (Å²) in [6.45, 7) is 0.781. The average molecular weight is 356 g/mol. The van der Waals surface area contributed by atoms with Crippen LogP contribution in [0.2, 0.25) is 0 Å². The minimum Gasteiger partial charge on any atom is -0.480 e. The van der Waals surface area contributed by atoms with E-state index in [1.165, 1.54) is 36.3 Å². The number of likely N-dealkylation sites (tertiary alicyclic amines) is 1. The minimum absolute atomic E-state index is 0.0337. The third-order valence-electron chi connectivity index (χ3n) is 3.81. The molecule has 8 nitrogen and oxygen atoms in total. The summed E-state index contributed by atoms with van der Waals surface area (Å²) in [6.07, 6.45) is 1.07. The summed E-state index contributed by atoms with van der Waals surface area (Å²) >= 11 is 0. The fraction of sp³-hybridized carbons (Fsp3) is 0.467. The van der Waals surface area contributed by atoms with Crippen molar-refractivity contribution in [3.05, 3.63) is 29.8 Å². The van der Waals surface area contributed by atoms with Gasteiger partial charge in [-0.25, -0.2) is 17.9 Å². The molecule has 1 fully saturated rings. The van der Waals surface area contributed by atoms with Crippen LogP contribution >= 0.6 is 0 Å². The van der Waals surface area contributed by atoms with Crippen LogP contribution in [0.25, 0.3) is 0 Å². The van der Waals surface area contributed by atoms with Crippen LogP contribution in [0.5, 0.6) is 0 Å². The van der Waals surface area contributed by atoms with Crippen molar-refractivity contribution in [1.82, 2.24) is 9.62 Å². The van der Waals surface area contributed by atoms with Crippen molar-refractivity contribution in [2.75, 3.05) is 26.8 Å². The van der Waals surface area contributed by atoms with Crippen molar-refractivity contribution in [2.45, 2.75) is 23.8 Å². The van der Waals surface area contributed by atoms with E-state index >= 15 is 0 Å². The molecule has 132 valence electrons. The maximum absolute atomic E-state index is 12.4. The highest BCUT2D eigenvalue weighted by Crippen LogP contribution is 2.21. The molecule has 1 aliphatic rings. The van der Waals surface area contributed by atoms with Gasteiger partial charge in [0, 0.05) is 25.8 Å². The van der Waals surface area contributed by atoms with E-state index in [1.54, 1.807) is 0 Å². The van der Waals surface area contributed by atoms with Crippen LogP contribution in [-0.4, -0.2) is 63.1 Å². The number of benzene rings is 1. The number of carboxylic acid groups (broad SMARTS) is 1. The van der Waals surface area contributed by atoms with Gasteiger partial charge in [0.15, 0.2) is 0 Å². The number of carbonyl (C=O) groups excluding carboxylic acids is 1. The van der Waals surface area contributed by atoms with Gasteiger partial charge in [-0.1, -0.05) is 0 Å². The number of ether oxygens (including phenoxy) is 1. The van der Waals surface area contributed by atoms with Gasteiger partial charge in [-0.2, -0.15) is 0 Å². The molecule has 0 unspecified atom stereocenters. The molecule has 0 aliphatic carbocycles. The van der Waals surface area contributed by atoms with Crippen molar-refractivity contribution in [2.24, 2.45) is 0 Å². The number of hydrogen-bond acceptors (Lipinski definition) is 5. The zero-order valence-electron chi connectivity index (χ0n) is 13.3. The first kappa shape index (κ1) is 18.4. The Morgan fingerprint density at radius 1 is 1.33 bits per heavy atom. The fourth-order valence-corrected chi connectivity index (χ4v) is 3.58. The summed E-state index contributed by atoms with van der Waals surface area (Å²) in [7, 11) is -2.20. The Balaban J connectivity index is 2.11. The topological polar surface area (TPSA) is 113 Å². The molecule has 1 aromatic carbocycles. The molecular formula is C15H20N2O6S. The summed E-state index contributed by atoms with van der Waals surface area (Å²) in [5.74, 6) is -1.43. The third-order valence-corrected chi connectivity index (χ3v) is 5.29. The molecule has 1 atom stereocenters. The maximum atomic E-state index is 12.4. The first-order chi connectivity index (χ1) is 11.4. The number of nitrogens with one attached hydrogen (secondary N) is 1. The number of sulfonamides is 1. The highest BCUT2D eigenvalue weighted by atomic mass is 32.2. The van der Waals surface area contributed by atoms with Gasteiger partial charge in [0.2, 0.25) is 10.0 Å². The second-order valence-electron chi connectivity index (χ2n) is 5.41. The molecule has 1 heterocycles. The molecule has 0 spiro atoms. The van der Waals surface area contributed by atoms with Crippen molar-refractivity contribution in [1.29, 1.82) is 0 Å². The fourth-order valence-electron chi connectivity index (χ4n) is 2.57. The Kier molecular flexibility index (Phi) is 5.92. The van der Waals surface area contributed by atoms with Gasteiger partial charge >= 0.3 is 5.97 Å².